The standard InChI is InChI=1S/C25H32ClN3O3/c1-19-7-8-20(2)23(18-19)32-17-4-3-6-24(30)28-13-5-14-29(16-15-28)25(31)27-22-11-9-21(26)10-12-22/h7-12,18H,3-6,13-17H2,1-2H3,(H,27,31). The fourth-order valence-electron chi connectivity index (χ4n) is 3.69. The third-order valence-corrected chi connectivity index (χ3v) is 5.87. The molecule has 3 amide bonds. The molecule has 1 aliphatic rings. The Balaban J connectivity index is 1.37. The Labute approximate surface area is 195 Å². The van der Waals surface area contributed by atoms with Gasteiger partial charge in [0.05, 0.1) is 6.61 Å². The Morgan fingerprint density at radius 2 is 1.69 bits per heavy atom. The first-order valence-electron chi connectivity index (χ1n) is 11.2. The van der Waals surface area contributed by atoms with Crippen LogP contribution in [0.5, 0.6) is 5.75 Å². The van der Waals surface area contributed by atoms with Gasteiger partial charge in [-0.05, 0) is 74.6 Å². The van der Waals surface area contributed by atoms with Crippen LogP contribution in [0.15, 0.2) is 42.5 Å². The first-order chi connectivity index (χ1) is 15.4. The van der Waals surface area contributed by atoms with Gasteiger partial charge in [-0.25, -0.2) is 4.79 Å². The van der Waals surface area contributed by atoms with Crippen LogP contribution in [0, 0.1) is 13.8 Å². The van der Waals surface area contributed by atoms with E-state index in [-0.39, 0.29) is 11.9 Å². The second-order valence-electron chi connectivity index (χ2n) is 8.23. The Kier molecular flexibility index (Phi) is 8.80. The lowest BCUT2D eigenvalue weighted by Crippen LogP contribution is -2.39. The average Bonchev–Trinajstić information content (AvgIpc) is 3.04. The fraction of sp³-hybridized carbons (Fsp3) is 0.440. The minimum atomic E-state index is -0.148. The van der Waals surface area contributed by atoms with Crippen LogP contribution in [-0.2, 0) is 4.79 Å². The van der Waals surface area contributed by atoms with Crippen molar-refractivity contribution in [3.63, 3.8) is 0 Å². The molecular formula is C25H32ClN3O3. The molecule has 0 atom stereocenters. The number of carbonyl (C=O) groups is 2. The van der Waals surface area contributed by atoms with E-state index in [1.165, 1.54) is 5.56 Å². The molecular weight excluding hydrogens is 426 g/mol. The SMILES string of the molecule is Cc1ccc(C)c(OCCCCC(=O)N2CCCN(C(=O)Nc3ccc(Cl)cc3)CC2)c1. The van der Waals surface area contributed by atoms with Gasteiger partial charge in [-0.2, -0.15) is 0 Å². The summed E-state index contributed by atoms with van der Waals surface area (Å²) in [5, 5.41) is 3.52. The van der Waals surface area contributed by atoms with Gasteiger partial charge in [-0.15, -0.1) is 0 Å². The van der Waals surface area contributed by atoms with Crippen molar-refractivity contribution >= 4 is 29.2 Å². The number of nitrogens with one attached hydrogen (secondary N) is 1. The van der Waals surface area contributed by atoms with Crippen LogP contribution >= 0.6 is 11.6 Å². The van der Waals surface area contributed by atoms with Gasteiger partial charge in [0.1, 0.15) is 5.75 Å². The minimum Gasteiger partial charge on any atom is -0.493 e. The smallest absolute Gasteiger partial charge is 0.321 e. The van der Waals surface area contributed by atoms with Gasteiger partial charge >= 0.3 is 6.03 Å². The maximum atomic E-state index is 12.6. The summed E-state index contributed by atoms with van der Waals surface area (Å²) in [4.78, 5) is 28.8. The summed E-state index contributed by atoms with van der Waals surface area (Å²) < 4.78 is 5.88. The second kappa shape index (κ2) is 11.8. The lowest BCUT2D eigenvalue weighted by Gasteiger charge is -2.22. The van der Waals surface area contributed by atoms with E-state index in [0.717, 1.165) is 30.6 Å². The molecule has 2 aromatic rings. The summed E-state index contributed by atoms with van der Waals surface area (Å²) >= 11 is 5.89. The molecule has 172 valence electrons. The number of nitrogens with zero attached hydrogens (tertiary/aromatic N) is 2. The number of benzene rings is 2. The van der Waals surface area contributed by atoms with E-state index < -0.39 is 0 Å². The molecule has 1 fully saturated rings. The highest BCUT2D eigenvalue weighted by molar-refractivity contribution is 6.30. The molecule has 0 saturated carbocycles. The van der Waals surface area contributed by atoms with Crippen LogP contribution in [-0.4, -0.2) is 54.5 Å². The van der Waals surface area contributed by atoms with Gasteiger partial charge in [0.25, 0.3) is 0 Å². The Morgan fingerprint density at radius 3 is 2.47 bits per heavy atom. The average molecular weight is 458 g/mol. The number of hydrogen-bond acceptors (Lipinski definition) is 3. The van der Waals surface area contributed by atoms with E-state index in [1.807, 2.05) is 17.9 Å². The van der Waals surface area contributed by atoms with Gasteiger partial charge in [-0.3, -0.25) is 4.79 Å². The normalized spacial score (nSPS) is 14.1. The number of urea groups is 1. The Bertz CT molecular complexity index is 917. The molecule has 1 N–H and O–H groups in total. The molecule has 6 nitrogen and oxygen atoms in total. The highest BCUT2D eigenvalue weighted by Gasteiger charge is 2.21. The van der Waals surface area contributed by atoms with E-state index in [2.05, 4.69) is 24.4 Å². The number of unbranched alkanes of at least 4 members (excludes halogenated alkanes) is 1. The summed E-state index contributed by atoms with van der Waals surface area (Å²) in [5.41, 5.74) is 3.01. The minimum absolute atomic E-state index is 0.148. The van der Waals surface area contributed by atoms with Crippen molar-refractivity contribution in [1.82, 2.24) is 9.80 Å². The van der Waals surface area contributed by atoms with Gasteiger partial charge < -0.3 is 19.9 Å². The Morgan fingerprint density at radius 1 is 0.969 bits per heavy atom. The number of carbonyl (C=O) groups excluding carboxylic acids is 2. The molecule has 3 rings (SSSR count). The maximum absolute atomic E-state index is 12.6. The topological polar surface area (TPSA) is 61.9 Å². The summed E-state index contributed by atoms with van der Waals surface area (Å²) in [7, 11) is 0. The van der Waals surface area contributed by atoms with Gasteiger partial charge in [0.15, 0.2) is 0 Å². The van der Waals surface area contributed by atoms with E-state index in [4.69, 9.17) is 16.3 Å². The van der Waals surface area contributed by atoms with Gasteiger partial charge in [0, 0.05) is 43.3 Å². The molecule has 0 bridgehead atoms. The zero-order valence-electron chi connectivity index (χ0n) is 18.9. The van der Waals surface area contributed by atoms with Crippen molar-refractivity contribution in [3.8, 4) is 5.75 Å². The first-order valence-corrected chi connectivity index (χ1v) is 11.6. The number of aryl methyl sites for hydroxylation is 2. The van der Waals surface area contributed by atoms with Crippen LogP contribution in [0.3, 0.4) is 0 Å². The van der Waals surface area contributed by atoms with Crippen LogP contribution in [0.25, 0.3) is 0 Å². The Hall–Kier alpha value is -2.73. The molecule has 0 aliphatic carbocycles. The molecule has 0 radical (unpaired) electrons. The monoisotopic (exact) mass is 457 g/mol. The van der Waals surface area contributed by atoms with Crippen LogP contribution in [0.1, 0.15) is 36.8 Å². The van der Waals surface area contributed by atoms with Crippen molar-refractivity contribution in [3.05, 3.63) is 58.6 Å². The van der Waals surface area contributed by atoms with Crippen molar-refractivity contribution in [1.29, 1.82) is 0 Å². The van der Waals surface area contributed by atoms with Crippen molar-refractivity contribution in [2.75, 3.05) is 38.1 Å². The second-order valence-corrected chi connectivity index (χ2v) is 8.67. The molecule has 7 heteroatoms. The van der Waals surface area contributed by atoms with Crippen molar-refractivity contribution in [2.45, 2.75) is 39.5 Å². The van der Waals surface area contributed by atoms with Crippen LogP contribution in [0.2, 0.25) is 5.02 Å². The number of anilines is 1. The molecule has 1 saturated heterocycles. The summed E-state index contributed by atoms with van der Waals surface area (Å²) in [5.74, 6) is 1.07. The zero-order chi connectivity index (χ0) is 22.9. The van der Waals surface area contributed by atoms with Gasteiger partial charge in [-0.1, -0.05) is 23.7 Å². The number of halogens is 1. The fourth-order valence-corrected chi connectivity index (χ4v) is 3.81. The summed E-state index contributed by atoms with van der Waals surface area (Å²) in [6, 6.07) is 13.1. The predicted octanol–water partition coefficient (Wildman–Crippen LogP) is 5.27. The number of hydrogen-bond donors (Lipinski definition) is 1. The maximum Gasteiger partial charge on any atom is 0.321 e. The lowest BCUT2D eigenvalue weighted by atomic mass is 10.1. The van der Waals surface area contributed by atoms with E-state index in [9.17, 15) is 9.59 Å². The zero-order valence-corrected chi connectivity index (χ0v) is 19.7. The predicted molar refractivity (Wildman–Crippen MR) is 129 cm³/mol. The third-order valence-electron chi connectivity index (χ3n) is 5.62. The van der Waals surface area contributed by atoms with E-state index in [1.54, 1.807) is 29.2 Å². The van der Waals surface area contributed by atoms with Gasteiger partial charge in [0.2, 0.25) is 5.91 Å². The van der Waals surface area contributed by atoms with E-state index in [0.29, 0.717) is 49.9 Å². The number of ether oxygens (including phenoxy) is 1. The molecule has 1 aliphatic heterocycles. The van der Waals surface area contributed by atoms with Crippen LogP contribution < -0.4 is 10.1 Å². The largest absolute Gasteiger partial charge is 0.493 e. The van der Waals surface area contributed by atoms with E-state index >= 15 is 0 Å². The molecule has 32 heavy (non-hydrogen) atoms. The highest BCUT2D eigenvalue weighted by Crippen LogP contribution is 2.19. The quantitative estimate of drug-likeness (QED) is 0.576. The lowest BCUT2D eigenvalue weighted by molar-refractivity contribution is -0.131. The molecule has 1 heterocycles. The first kappa shape index (κ1) is 23.9. The number of rotatable bonds is 7. The molecule has 0 aromatic heterocycles. The van der Waals surface area contributed by atoms with Crippen molar-refractivity contribution in [2.24, 2.45) is 0 Å². The third kappa shape index (κ3) is 7.16. The summed E-state index contributed by atoms with van der Waals surface area (Å²) in [6.45, 7) is 7.10. The number of amides is 3. The molecule has 2 aromatic carbocycles. The summed E-state index contributed by atoms with van der Waals surface area (Å²) in [6.07, 6.45) is 2.91. The molecule has 0 spiro atoms. The highest BCUT2D eigenvalue weighted by atomic mass is 35.5. The van der Waals surface area contributed by atoms with Crippen molar-refractivity contribution < 1.29 is 14.3 Å². The molecule has 0 unspecified atom stereocenters. The van der Waals surface area contributed by atoms with Crippen LogP contribution in [0.4, 0.5) is 10.5 Å².